The quantitative estimate of drug-likeness (QED) is 0.842. The summed E-state index contributed by atoms with van der Waals surface area (Å²) in [6.45, 7) is 6.40. The maximum absolute atomic E-state index is 8.90. The first-order valence-corrected chi connectivity index (χ1v) is 5.36. The molecule has 4 heteroatoms. The normalized spacial score (nSPS) is 12.2. The van der Waals surface area contributed by atoms with Crippen molar-refractivity contribution in [1.29, 1.82) is 5.26 Å². The fourth-order valence-electron chi connectivity index (χ4n) is 1.48. The van der Waals surface area contributed by atoms with E-state index in [0.717, 1.165) is 0 Å². The Morgan fingerprint density at radius 1 is 1.44 bits per heavy atom. The lowest BCUT2D eigenvalue weighted by molar-refractivity contribution is 0.503. The van der Waals surface area contributed by atoms with E-state index in [4.69, 9.17) is 11.0 Å². The first-order chi connectivity index (χ1) is 7.49. The number of nitriles is 1. The van der Waals surface area contributed by atoms with Crippen LogP contribution in [0.4, 0.5) is 11.5 Å². The van der Waals surface area contributed by atoms with Crippen molar-refractivity contribution >= 4 is 11.5 Å². The van der Waals surface area contributed by atoms with Crippen LogP contribution < -0.4 is 10.6 Å². The second kappa shape index (κ2) is 4.84. The lowest BCUT2D eigenvalue weighted by atomic mass is 10.0. The molecule has 0 spiro atoms. The standard InChI is InChI=1S/C12H18N4/c1-8(2)9(3)16(4)12-11(14)10(7-13)5-6-15-12/h5-6,8-9H,14H2,1-4H3. The Morgan fingerprint density at radius 3 is 2.56 bits per heavy atom. The SMILES string of the molecule is CC(C)C(C)N(C)c1nccc(C#N)c1N. The van der Waals surface area contributed by atoms with Crippen LogP contribution >= 0.6 is 0 Å². The van der Waals surface area contributed by atoms with Crippen LogP contribution in [0.15, 0.2) is 12.3 Å². The molecule has 0 amide bonds. The lowest BCUT2D eigenvalue weighted by Gasteiger charge is -2.29. The zero-order valence-electron chi connectivity index (χ0n) is 10.2. The molecule has 1 rings (SSSR count). The Hall–Kier alpha value is -1.76. The molecule has 1 atom stereocenters. The van der Waals surface area contributed by atoms with E-state index in [1.165, 1.54) is 0 Å². The summed E-state index contributed by atoms with van der Waals surface area (Å²) in [6, 6.07) is 4.02. The molecular weight excluding hydrogens is 200 g/mol. The molecule has 1 unspecified atom stereocenters. The van der Waals surface area contributed by atoms with Crippen LogP contribution in [0.1, 0.15) is 26.3 Å². The van der Waals surface area contributed by atoms with Crippen molar-refractivity contribution in [1.82, 2.24) is 4.98 Å². The minimum Gasteiger partial charge on any atom is -0.395 e. The van der Waals surface area contributed by atoms with Gasteiger partial charge in [0.2, 0.25) is 0 Å². The summed E-state index contributed by atoms with van der Waals surface area (Å²) in [4.78, 5) is 6.25. The van der Waals surface area contributed by atoms with Crippen LogP contribution in [0.3, 0.4) is 0 Å². The van der Waals surface area contributed by atoms with Gasteiger partial charge in [-0.1, -0.05) is 13.8 Å². The highest BCUT2D eigenvalue weighted by Crippen LogP contribution is 2.25. The van der Waals surface area contributed by atoms with Gasteiger partial charge in [-0.3, -0.25) is 0 Å². The van der Waals surface area contributed by atoms with E-state index >= 15 is 0 Å². The number of aromatic nitrogens is 1. The highest BCUT2D eigenvalue weighted by Gasteiger charge is 2.18. The first kappa shape index (κ1) is 12.3. The van der Waals surface area contributed by atoms with Crippen LogP contribution in [0, 0.1) is 17.2 Å². The molecule has 0 aliphatic heterocycles. The molecule has 0 saturated carbocycles. The lowest BCUT2D eigenvalue weighted by Crippen LogP contribution is -2.34. The molecule has 1 heterocycles. The summed E-state index contributed by atoms with van der Waals surface area (Å²) < 4.78 is 0. The molecular formula is C12H18N4. The topological polar surface area (TPSA) is 65.9 Å². The molecule has 0 radical (unpaired) electrons. The fourth-order valence-corrected chi connectivity index (χ4v) is 1.48. The van der Waals surface area contributed by atoms with E-state index in [-0.39, 0.29) is 0 Å². The number of hydrogen-bond donors (Lipinski definition) is 1. The highest BCUT2D eigenvalue weighted by atomic mass is 15.2. The number of rotatable bonds is 3. The third-order valence-electron chi connectivity index (χ3n) is 3.00. The van der Waals surface area contributed by atoms with Gasteiger partial charge in [0.15, 0.2) is 5.82 Å². The average Bonchev–Trinajstić information content (AvgIpc) is 2.27. The highest BCUT2D eigenvalue weighted by molar-refractivity contribution is 5.70. The second-order valence-electron chi connectivity index (χ2n) is 4.30. The minimum atomic E-state index is 0.323. The Bertz CT molecular complexity index is 406. The van der Waals surface area contributed by atoms with E-state index in [9.17, 15) is 0 Å². The van der Waals surface area contributed by atoms with Gasteiger partial charge in [0.1, 0.15) is 6.07 Å². The number of pyridine rings is 1. The number of nitrogens with two attached hydrogens (primary N) is 1. The Kier molecular flexibility index (Phi) is 3.73. The molecule has 86 valence electrons. The molecule has 16 heavy (non-hydrogen) atoms. The predicted molar refractivity (Wildman–Crippen MR) is 66.1 cm³/mol. The van der Waals surface area contributed by atoms with E-state index in [1.807, 2.05) is 11.9 Å². The summed E-state index contributed by atoms with van der Waals surface area (Å²) >= 11 is 0. The summed E-state index contributed by atoms with van der Waals surface area (Å²) in [6.07, 6.45) is 1.62. The third kappa shape index (κ3) is 2.25. The molecule has 0 aliphatic rings. The molecule has 1 aromatic rings. The van der Waals surface area contributed by atoms with Crippen molar-refractivity contribution in [3.05, 3.63) is 17.8 Å². The minimum absolute atomic E-state index is 0.323. The van der Waals surface area contributed by atoms with Crippen molar-refractivity contribution in [2.45, 2.75) is 26.8 Å². The molecule has 0 fully saturated rings. The molecule has 0 saturated heterocycles. The van der Waals surface area contributed by atoms with Gasteiger partial charge in [-0.25, -0.2) is 4.98 Å². The third-order valence-corrected chi connectivity index (χ3v) is 3.00. The van der Waals surface area contributed by atoms with Gasteiger partial charge in [-0.15, -0.1) is 0 Å². The maximum Gasteiger partial charge on any atom is 0.153 e. The average molecular weight is 218 g/mol. The van der Waals surface area contributed by atoms with Gasteiger partial charge in [-0.2, -0.15) is 5.26 Å². The molecule has 4 nitrogen and oxygen atoms in total. The van der Waals surface area contributed by atoms with Gasteiger partial charge in [-0.05, 0) is 18.9 Å². The Balaban J connectivity index is 3.10. The van der Waals surface area contributed by atoms with Gasteiger partial charge >= 0.3 is 0 Å². The number of hydrogen-bond acceptors (Lipinski definition) is 4. The monoisotopic (exact) mass is 218 g/mol. The van der Waals surface area contributed by atoms with Crippen LogP contribution in [-0.4, -0.2) is 18.1 Å². The molecule has 0 aliphatic carbocycles. The molecule has 1 aromatic heterocycles. The van der Waals surface area contributed by atoms with Crippen LogP contribution in [-0.2, 0) is 0 Å². The van der Waals surface area contributed by atoms with Gasteiger partial charge in [0, 0.05) is 19.3 Å². The zero-order chi connectivity index (χ0) is 12.3. The second-order valence-corrected chi connectivity index (χ2v) is 4.30. The molecule has 0 aromatic carbocycles. The van der Waals surface area contributed by atoms with E-state index in [0.29, 0.717) is 29.0 Å². The first-order valence-electron chi connectivity index (χ1n) is 5.36. The van der Waals surface area contributed by atoms with Crippen molar-refractivity contribution in [2.24, 2.45) is 5.92 Å². The largest absolute Gasteiger partial charge is 0.395 e. The molecule has 0 bridgehead atoms. The van der Waals surface area contributed by atoms with Gasteiger partial charge in [0.05, 0.1) is 11.3 Å². The smallest absolute Gasteiger partial charge is 0.153 e. The maximum atomic E-state index is 8.90. The van der Waals surface area contributed by atoms with E-state index in [2.05, 4.69) is 31.8 Å². The van der Waals surface area contributed by atoms with Crippen molar-refractivity contribution in [3.8, 4) is 6.07 Å². The molecule has 2 N–H and O–H groups in total. The van der Waals surface area contributed by atoms with Crippen LogP contribution in [0.5, 0.6) is 0 Å². The van der Waals surface area contributed by atoms with Gasteiger partial charge < -0.3 is 10.6 Å². The fraction of sp³-hybridized carbons (Fsp3) is 0.500. The summed E-state index contributed by atoms with van der Waals surface area (Å²) in [7, 11) is 1.95. The number of nitrogens with zero attached hydrogens (tertiary/aromatic N) is 3. The van der Waals surface area contributed by atoms with Crippen molar-refractivity contribution in [2.75, 3.05) is 17.7 Å². The van der Waals surface area contributed by atoms with Crippen LogP contribution in [0.2, 0.25) is 0 Å². The van der Waals surface area contributed by atoms with E-state index in [1.54, 1.807) is 12.3 Å². The zero-order valence-corrected chi connectivity index (χ0v) is 10.2. The number of anilines is 2. The summed E-state index contributed by atoms with van der Waals surface area (Å²) in [5.74, 6) is 1.18. The number of nitrogen functional groups attached to an aromatic ring is 1. The summed E-state index contributed by atoms with van der Waals surface area (Å²) in [5.41, 5.74) is 6.84. The Morgan fingerprint density at radius 2 is 2.06 bits per heavy atom. The van der Waals surface area contributed by atoms with Crippen LogP contribution in [0.25, 0.3) is 0 Å². The Labute approximate surface area is 96.7 Å². The van der Waals surface area contributed by atoms with E-state index < -0.39 is 0 Å². The summed E-state index contributed by atoms with van der Waals surface area (Å²) in [5, 5.41) is 8.90. The predicted octanol–water partition coefficient (Wildman–Crippen LogP) is 2.02. The van der Waals surface area contributed by atoms with Crippen molar-refractivity contribution < 1.29 is 0 Å². The van der Waals surface area contributed by atoms with Crippen molar-refractivity contribution in [3.63, 3.8) is 0 Å². The van der Waals surface area contributed by atoms with Gasteiger partial charge in [0.25, 0.3) is 0 Å².